The Kier molecular flexibility index (Phi) is 4.36. The zero-order valence-corrected chi connectivity index (χ0v) is 13.8. The van der Waals surface area contributed by atoms with Gasteiger partial charge in [-0.05, 0) is 39.7 Å². The molecule has 0 radical (unpaired) electrons. The zero-order chi connectivity index (χ0) is 14.9. The molecule has 2 aliphatic rings. The van der Waals surface area contributed by atoms with Crippen molar-refractivity contribution in [3.63, 3.8) is 0 Å². The molecule has 1 saturated heterocycles. The summed E-state index contributed by atoms with van der Waals surface area (Å²) < 4.78 is 2.07. The van der Waals surface area contributed by atoms with E-state index in [0.717, 1.165) is 13.1 Å². The Morgan fingerprint density at radius 3 is 2.76 bits per heavy atom. The fourth-order valence-electron chi connectivity index (χ4n) is 3.83. The third kappa shape index (κ3) is 3.32. The van der Waals surface area contributed by atoms with Gasteiger partial charge >= 0.3 is 0 Å². The fraction of sp³-hybridized carbons (Fsp3) is 0.824. The van der Waals surface area contributed by atoms with Crippen molar-refractivity contribution >= 4 is 0 Å². The number of nitrogens with zero attached hydrogens (tertiary/aromatic N) is 3. The van der Waals surface area contributed by atoms with E-state index in [9.17, 15) is 0 Å². The molecular weight excluding hydrogens is 260 g/mol. The van der Waals surface area contributed by atoms with Crippen LogP contribution >= 0.6 is 0 Å². The van der Waals surface area contributed by atoms with Gasteiger partial charge in [-0.2, -0.15) is 5.10 Å². The van der Waals surface area contributed by atoms with E-state index in [1.54, 1.807) is 0 Å². The van der Waals surface area contributed by atoms with E-state index in [1.807, 2.05) is 0 Å². The lowest BCUT2D eigenvalue weighted by atomic mass is 9.79. The molecule has 0 bridgehead atoms. The summed E-state index contributed by atoms with van der Waals surface area (Å²) >= 11 is 0. The standard InChI is InChI=1S/C17H30N4/c1-14(2)21-10-7-16(19-21)12-20-13-17(18-11-15(20)3)8-5-4-6-9-17/h7,10,14-15,18H,4-6,8-9,11-13H2,1-3H3. The molecular formula is C17H30N4. The highest BCUT2D eigenvalue weighted by molar-refractivity contribution is 5.04. The summed E-state index contributed by atoms with van der Waals surface area (Å²) in [5, 5.41) is 8.58. The molecule has 3 rings (SSSR count). The first kappa shape index (κ1) is 15.0. The first-order chi connectivity index (χ1) is 10.1. The van der Waals surface area contributed by atoms with Crippen molar-refractivity contribution in [1.82, 2.24) is 20.0 Å². The van der Waals surface area contributed by atoms with Gasteiger partial charge in [0.25, 0.3) is 0 Å². The Balaban J connectivity index is 1.67. The monoisotopic (exact) mass is 290 g/mol. The van der Waals surface area contributed by atoms with Crippen LogP contribution in [0.2, 0.25) is 0 Å². The maximum absolute atomic E-state index is 4.73. The fourth-order valence-corrected chi connectivity index (χ4v) is 3.83. The Labute approximate surface area is 128 Å². The minimum absolute atomic E-state index is 0.380. The lowest BCUT2D eigenvalue weighted by Gasteiger charge is -2.48. The van der Waals surface area contributed by atoms with Gasteiger partial charge in [-0.25, -0.2) is 0 Å². The normalized spacial score (nSPS) is 26.6. The molecule has 1 aliphatic carbocycles. The van der Waals surface area contributed by atoms with Crippen molar-refractivity contribution < 1.29 is 0 Å². The second-order valence-corrected chi connectivity index (χ2v) is 7.36. The van der Waals surface area contributed by atoms with Crippen LogP contribution in [0.25, 0.3) is 0 Å². The molecule has 2 heterocycles. The molecule has 1 unspecified atom stereocenters. The molecule has 118 valence electrons. The molecule has 1 spiro atoms. The van der Waals surface area contributed by atoms with E-state index in [1.165, 1.54) is 44.3 Å². The second-order valence-electron chi connectivity index (χ2n) is 7.36. The number of hydrogen-bond donors (Lipinski definition) is 1. The van der Waals surface area contributed by atoms with E-state index in [2.05, 4.69) is 47.9 Å². The first-order valence-corrected chi connectivity index (χ1v) is 8.61. The first-order valence-electron chi connectivity index (χ1n) is 8.61. The van der Waals surface area contributed by atoms with Gasteiger partial charge in [0, 0.05) is 43.5 Å². The van der Waals surface area contributed by atoms with Gasteiger partial charge in [0.1, 0.15) is 0 Å². The van der Waals surface area contributed by atoms with Gasteiger partial charge in [0.2, 0.25) is 0 Å². The maximum Gasteiger partial charge on any atom is 0.0765 e. The van der Waals surface area contributed by atoms with Crippen molar-refractivity contribution in [3.05, 3.63) is 18.0 Å². The lowest BCUT2D eigenvalue weighted by Crippen LogP contribution is -2.63. The van der Waals surface area contributed by atoms with Crippen LogP contribution < -0.4 is 5.32 Å². The molecule has 2 fully saturated rings. The molecule has 1 saturated carbocycles. The summed E-state index contributed by atoms with van der Waals surface area (Å²) in [7, 11) is 0. The molecule has 1 aromatic heterocycles. The van der Waals surface area contributed by atoms with Crippen LogP contribution in [0.3, 0.4) is 0 Å². The largest absolute Gasteiger partial charge is 0.308 e. The summed E-state index contributed by atoms with van der Waals surface area (Å²) in [6, 6.07) is 3.23. The van der Waals surface area contributed by atoms with E-state index in [4.69, 9.17) is 5.10 Å². The Morgan fingerprint density at radius 1 is 1.33 bits per heavy atom. The summed E-state index contributed by atoms with van der Waals surface area (Å²) in [5.74, 6) is 0. The molecule has 1 aromatic rings. The minimum atomic E-state index is 0.380. The van der Waals surface area contributed by atoms with Crippen molar-refractivity contribution in [2.75, 3.05) is 13.1 Å². The SMILES string of the molecule is CC1CNC2(CCCCC2)CN1Cc1ccn(C(C)C)n1. The highest BCUT2D eigenvalue weighted by Crippen LogP contribution is 2.32. The van der Waals surface area contributed by atoms with E-state index in [0.29, 0.717) is 17.6 Å². The van der Waals surface area contributed by atoms with Gasteiger partial charge in [-0.3, -0.25) is 9.58 Å². The molecule has 1 atom stereocenters. The predicted molar refractivity (Wildman–Crippen MR) is 86.3 cm³/mol. The van der Waals surface area contributed by atoms with Crippen molar-refractivity contribution in [3.8, 4) is 0 Å². The lowest BCUT2D eigenvalue weighted by molar-refractivity contribution is 0.0562. The summed E-state index contributed by atoms with van der Waals surface area (Å²) in [6.45, 7) is 9.99. The predicted octanol–water partition coefficient (Wildman–Crippen LogP) is 2.96. The Morgan fingerprint density at radius 2 is 2.10 bits per heavy atom. The number of piperazine rings is 1. The van der Waals surface area contributed by atoms with E-state index < -0.39 is 0 Å². The van der Waals surface area contributed by atoms with Crippen molar-refractivity contribution in [1.29, 1.82) is 0 Å². The van der Waals surface area contributed by atoms with Crippen molar-refractivity contribution in [2.45, 2.75) is 77.0 Å². The van der Waals surface area contributed by atoms with Crippen LogP contribution in [-0.4, -0.2) is 39.4 Å². The molecule has 0 aromatic carbocycles. The smallest absolute Gasteiger partial charge is 0.0765 e. The van der Waals surface area contributed by atoms with Gasteiger partial charge in [0.05, 0.1) is 5.69 Å². The highest BCUT2D eigenvalue weighted by atomic mass is 15.3. The van der Waals surface area contributed by atoms with Crippen molar-refractivity contribution in [2.24, 2.45) is 0 Å². The average molecular weight is 290 g/mol. The number of hydrogen-bond acceptors (Lipinski definition) is 3. The number of nitrogens with one attached hydrogen (secondary N) is 1. The summed E-state index contributed by atoms with van der Waals surface area (Å²) in [6.07, 6.45) is 8.99. The molecule has 0 amide bonds. The quantitative estimate of drug-likeness (QED) is 0.929. The van der Waals surface area contributed by atoms with E-state index in [-0.39, 0.29) is 0 Å². The average Bonchev–Trinajstić information content (AvgIpc) is 2.93. The zero-order valence-electron chi connectivity index (χ0n) is 13.8. The van der Waals surface area contributed by atoms with Crippen LogP contribution in [0.1, 0.15) is 64.6 Å². The topological polar surface area (TPSA) is 33.1 Å². The Bertz CT molecular complexity index is 459. The molecule has 1 N–H and O–H groups in total. The third-order valence-corrected chi connectivity index (χ3v) is 5.27. The van der Waals surface area contributed by atoms with Crippen LogP contribution in [0, 0.1) is 0 Å². The van der Waals surface area contributed by atoms with Crippen LogP contribution in [0.5, 0.6) is 0 Å². The van der Waals surface area contributed by atoms with E-state index >= 15 is 0 Å². The highest BCUT2D eigenvalue weighted by Gasteiger charge is 2.38. The third-order valence-electron chi connectivity index (χ3n) is 5.27. The minimum Gasteiger partial charge on any atom is -0.308 e. The van der Waals surface area contributed by atoms with Crippen LogP contribution in [0.15, 0.2) is 12.3 Å². The van der Waals surface area contributed by atoms with Gasteiger partial charge < -0.3 is 5.32 Å². The second kappa shape index (κ2) is 6.09. The van der Waals surface area contributed by atoms with Gasteiger partial charge in [-0.1, -0.05) is 19.3 Å². The Hall–Kier alpha value is -0.870. The summed E-state index contributed by atoms with van der Waals surface area (Å²) in [5.41, 5.74) is 1.59. The molecule has 21 heavy (non-hydrogen) atoms. The maximum atomic E-state index is 4.73. The van der Waals surface area contributed by atoms with Gasteiger partial charge in [0.15, 0.2) is 0 Å². The summed E-state index contributed by atoms with van der Waals surface area (Å²) in [4.78, 5) is 2.63. The van der Waals surface area contributed by atoms with Crippen LogP contribution in [0.4, 0.5) is 0 Å². The molecule has 1 aliphatic heterocycles. The van der Waals surface area contributed by atoms with Gasteiger partial charge in [-0.15, -0.1) is 0 Å². The molecule has 4 heteroatoms. The number of aromatic nitrogens is 2. The molecule has 4 nitrogen and oxygen atoms in total. The number of rotatable bonds is 3. The van der Waals surface area contributed by atoms with Crippen LogP contribution in [-0.2, 0) is 6.54 Å².